The fraction of sp³-hybridized carbons (Fsp3) is 0.250. The summed E-state index contributed by atoms with van der Waals surface area (Å²) >= 11 is 0. The van der Waals surface area contributed by atoms with Gasteiger partial charge in [0.2, 0.25) is 0 Å². The van der Waals surface area contributed by atoms with E-state index < -0.39 is 17.6 Å². The summed E-state index contributed by atoms with van der Waals surface area (Å²) in [7, 11) is 2.00. The number of aromatic amines is 1. The fourth-order valence-corrected chi connectivity index (χ4v) is 5.20. The van der Waals surface area contributed by atoms with Gasteiger partial charge in [-0.3, -0.25) is 14.7 Å². The lowest BCUT2D eigenvalue weighted by atomic mass is 10.0. The molecule has 226 valence electrons. The van der Waals surface area contributed by atoms with Gasteiger partial charge in [-0.05, 0) is 67.6 Å². The number of fused-ring (bicyclic) bond motifs is 1. The molecule has 1 fully saturated rings. The van der Waals surface area contributed by atoms with Crippen molar-refractivity contribution in [1.82, 2.24) is 29.7 Å². The van der Waals surface area contributed by atoms with Crippen LogP contribution in [-0.4, -0.2) is 68.9 Å². The molecule has 12 heteroatoms. The van der Waals surface area contributed by atoms with Crippen LogP contribution in [0.2, 0.25) is 0 Å². The average molecular weight is 601 g/mol. The lowest BCUT2D eigenvalue weighted by Gasteiger charge is -2.33. The van der Waals surface area contributed by atoms with Crippen LogP contribution < -0.4 is 10.6 Å². The zero-order valence-corrected chi connectivity index (χ0v) is 24.2. The van der Waals surface area contributed by atoms with E-state index in [-0.39, 0.29) is 23.4 Å². The molecule has 3 aromatic heterocycles. The molecule has 3 N–H and O–H groups in total. The highest BCUT2D eigenvalue weighted by Gasteiger charge is 2.34. The molecule has 0 atom stereocenters. The third kappa shape index (κ3) is 6.41. The van der Waals surface area contributed by atoms with Crippen LogP contribution in [0.15, 0.2) is 73.2 Å². The monoisotopic (exact) mass is 600 g/mol. The normalized spacial score (nSPS) is 14.6. The maximum absolute atomic E-state index is 14.1. The SMILES string of the molecule is Cc1ccc(C(=O)Nc2ccc(CN3CCN(C)CC3)c(C(F)(F)F)c2)cc1Nc1nc(-c2ccncc2)nc2[nH]ccc12. The van der Waals surface area contributed by atoms with Gasteiger partial charge in [0.15, 0.2) is 5.82 Å². The van der Waals surface area contributed by atoms with E-state index in [2.05, 4.69) is 30.5 Å². The summed E-state index contributed by atoms with van der Waals surface area (Å²) in [5.74, 6) is 0.502. The van der Waals surface area contributed by atoms with Gasteiger partial charge in [0, 0.05) is 73.8 Å². The molecule has 1 aliphatic rings. The molecule has 1 saturated heterocycles. The zero-order valence-electron chi connectivity index (χ0n) is 24.2. The zero-order chi connectivity index (χ0) is 30.8. The minimum Gasteiger partial charge on any atom is -0.346 e. The molecule has 4 heterocycles. The van der Waals surface area contributed by atoms with E-state index in [0.29, 0.717) is 36.1 Å². The number of rotatable bonds is 7. The van der Waals surface area contributed by atoms with Crippen molar-refractivity contribution in [3.8, 4) is 11.4 Å². The number of piperazine rings is 1. The molecule has 44 heavy (non-hydrogen) atoms. The molecule has 2 aromatic carbocycles. The van der Waals surface area contributed by atoms with Crippen molar-refractivity contribution in [2.75, 3.05) is 43.9 Å². The number of aryl methyl sites for hydroxylation is 1. The van der Waals surface area contributed by atoms with Crippen LogP contribution in [0.1, 0.15) is 27.0 Å². The van der Waals surface area contributed by atoms with Crippen molar-refractivity contribution < 1.29 is 18.0 Å². The Balaban J connectivity index is 1.24. The highest BCUT2D eigenvalue weighted by atomic mass is 19.4. The molecule has 1 aliphatic heterocycles. The second-order valence-corrected chi connectivity index (χ2v) is 10.9. The van der Waals surface area contributed by atoms with E-state index in [1.807, 2.05) is 37.1 Å². The van der Waals surface area contributed by atoms with E-state index in [1.165, 1.54) is 12.1 Å². The predicted molar refractivity (Wildman–Crippen MR) is 164 cm³/mol. The summed E-state index contributed by atoms with van der Waals surface area (Å²) in [6.45, 7) is 5.10. The van der Waals surface area contributed by atoms with Crippen LogP contribution in [0, 0.1) is 6.92 Å². The highest BCUT2D eigenvalue weighted by Crippen LogP contribution is 2.35. The van der Waals surface area contributed by atoms with Crippen LogP contribution in [0.25, 0.3) is 22.4 Å². The first kappa shape index (κ1) is 29.3. The van der Waals surface area contributed by atoms with E-state index in [9.17, 15) is 18.0 Å². The van der Waals surface area contributed by atoms with Crippen molar-refractivity contribution in [3.05, 3.63) is 95.4 Å². The van der Waals surface area contributed by atoms with Crippen LogP contribution in [0.3, 0.4) is 0 Å². The van der Waals surface area contributed by atoms with Crippen LogP contribution in [0.4, 0.5) is 30.4 Å². The minimum absolute atomic E-state index is 0.0753. The van der Waals surface area contributed by atoms with Gasteiger partial charge < -0.3 is 20.5 Å². The summed E-state index contributed by atoms with van der Waals surface area (Å²) in [4.78, 5) is 33.9. The maximum Gasteiger partial charge on any atom is 0.416 e. The highest BCUT2D eigenvalue weighted by molar-refractivity contribution is 6.05. The summed E-state index contributed by atoms with van der Waals surface area (Å²) in [6, 6.07) is 14.5. The number of hydrogen-bond acceptors (Lipinski definition) is 7. The quantitative estimate of drug-likeness (QED) is 0.208. The Morgan fingerprint density at radius 3 is 2.50 bits per heavy atom. The lowest BCUT2D eigenvalue weighted by molar-refractivity contribution is -0.138. The van der Waals surface area contributed by atoms with Gasteiger partial charge in [-0.2, -0.15) is 13.2 Å². The Hall–Kier alpha value is -4.81. The Kier molecular flexibility index (Phi) is 8.02. The molecule has 0 bridgehead atoms. The second kappa shape index (κ2) is 12.1. The number of H-pyrrole nitrogens is 1. The van der Waals surface area contributed by atoms with Gasteiger partial charge in [0.1, 0.15) is 11.5 Å². The van der Waals surface area contributed by atoms with Gasteiger partial charge in [-0.1, -0.05) is 12.1 Å². The number of amides is 1. The first-order chi connectivity index (χ1) is 21.1. The first-order valence-corrected chi connectivity index (χ1v) is 14.2. The molecule has 0 unspecified atom stereocenters. The van der Waals surface area contributed by atoms with E-state index in [0.717, 1.165) is 35.7 Å². The van der Waals surface area contributed by atoms with E-state index in [1.54, 1.807) is 36.8 Å². The first-order valence-electron chi connectivity index (χ1n) is 14.2. The number of aromatic nitrogens is 4. The summed E-state index contributed by atoms with van der Waals surface area (Å²) in [5.41, 5.74) is 2.70. The molecule has 0 aliphatic carbocycles. The third-order valence-corrected chi connectivity index (χ3v) is 7.77. The molecule has 0 radical (unpaired) electrons. The minimum atomic E-state index is -4.56. The van der Waals surface area contributed by atoms with Crippen molar-refractivity contribution in [3.63, 3.8) is 0 Å². The standard InChI is InChI=1S/C32H31F3N8O/c1-20-3-4-22(17-27(20)39-30-25-9-12-37-29(25)40-28(41-30)21-7-10-36-11-8-21)31(44)38-24-6-5-23(26(18-24)32(33,34)35)19-43-15-13-42(2)14-16-43/h3-12,17-18H,13-16,19H2,1-2H3,(H,38,44)(H2,37,39,40,41). The third-order valence-electron chi connectivity index (χ3n) is 7.77. The molecule has 0 saturated carbocycles. The molecule has 9 nitrogen and oxygen atoms in total. The Bertz CT molecular complexity index is 1800. The predicted octanol–water partition coefficient (Wildman–Crippen LogP) is 6.09. The Labute approximate surface area is 252 Å². The van der Waals surface area contributed by atoms with Crippen molar-refractivity contribution >= 4 is 34.1 Å². The number of alkyl halides is 3. The van der Waals surface area contributed by atoms with Gasteiger partial charge in [-0.15, -0.1) is 0 Å². The van der Waals surface area contributed by atoms with E-state index in [4.69, 9.17) is 4.98 Å². The fourth-order valence-electron chi connectivity index (χ4n) is 5.20. The number of carbonyl (C=O) groups excluding carboxylic acids is 1. The largest absolute Gasteiger partial charge is 0.416 e. The number of nitrogens with zero attached hydrogens (tertiary/aromatic N) is 5. The number of nitrogens with one attached hydrogen (secondary N) is 3. The number of anilines is 3. The second-order valence-electron chi connectivity index (χ2n) is 10.9. The molecular formula is C32H31F3N8O. The van der Waals surface area contributed by atoms with Crippen molar-refractivity contribution in [2.24, 2.45) is 0 Å². The number of pyridine rings is 1. The lowest BCUT2D eigenvalue weighted by Crippen LogP contribution is -2.44. The number of halogens is 3. The van der Waals surface area contributed by atoms with Gasteiger partial charge in [0.05, 0.1) is 10.9 Å². The number of hydrogen-bond donors (Lipinski definition) is 3. The summed E-state index contributed by atoms with van der Waals surface area (Å²) < 4.78 is 42.2. The maximum atomic E-state index is 14.1. The molecule has 6 rings (SSSR count). The van der Waals surface area contributed by atoms with Crippen molar-refractivity contribution in [2.45, 2.75) is 19.6 Å². The topological polar surface area (TPSA) is 102 Å². The molecule has 0 spiro atoms. The van der Waals surface area contributed by atoms with Gasteiger partial charge >= 0.3 is 6.18 Å². The molecule has 5 aromatic rings. The molecular weight excluding hydrogens is 569 g/mol. The summed E-state index contributed by atoms with van der Waals surface area (Å²) in [5, 5.41) is 6.73. The van der Waals surface area contributed by atoms with Crippen LogP contribution in [0.5, 0.6) is 0 Å². The number of likely N-dealkylation sites (N-methyl/N-ethyl adjacent to an activating group) is 1. The van der Waals surface area contributed by atoms with Crippen LogP contribution in [-0.2, 0) is 12.7 Å². The van der Waals surface area contributed by atoms with Crippen molar-refractivity contribution in [1.29, 1.82) is 0 Å². The number of benzene rings is 2. The van der Waals surface area contributed by atoms with Gasteiger partial charge in [-0.25, -0.2) is 9.97 Å². The van der Waals surface area contributed by atoms with E-state index >= 15 is 0 Å². The van der Waals surface area contributed by atoms with Crippen LogP contribution >= 0.6 is 0 Å². The Morgan fingerprint density at radius 2 is 1.75 bits per heavy atom. The Morgan fingerprint density at radius 1 is 0.977 bits per heavy atom. The number of carbonyl (C=O) groups is 1. The van der Waals surface area contributed by atoms with Gasteiger partial charge in [0.25, 0.3) is 5.91 Å². The molecule has 1 amide bonds. The summed E-state index contributed by atoms with van der Waals surface area (Å²) in [6.07, 6.45) is 0.536. The smallest absolute Gasteiger partial charge is 0.346 e. The average Bonchev–Trinajstić information content (AvgIpc) is 3.49.